The van der Waals surface area contributed by atoms with Crippen LogP contribution >= 0.6 is 0 Å². The van der Waals surface area contributed by atoms with Crippen molar-refractivity contribution in [2.24, 2.45) is 17.3 Å². The molecule has 2 aliphatic carbocycles. The zero-order valence-electron chi connectivity index (χ0n) is 15.4. The molecule has 132 valence electrons. The molecule has 1 N–H and O–H groups in total. The molecular formula is C19H33NO3. The Kier molecular flexibility index (Phi) is 5.55. The van der Waals surface area contributed by atoms with Gasteiger partial charge in [0, 0.05) is 7.11 Å². The van der Waals surface area contributed by atoms with E-state index in [9.17, 15) is 9.59 Å². The van der Waals surface area contributed by atoms with Crippen LogP contribution in [0.15, 0.2) is 0 Å². The highest BCUT2D eigenvalue weighted by atomic mass is 16.5. The minimum Gasteiger partial charge on any atom is -0.377 e. The first-order chi connectivity index (χ1) is 10.7. The number of nitrogens with one attached hydrogen (secondary N) is 1. The van der Waals surface area contributed by atoms with Crippen LogP contribution in [0.4, 0.5) is 0 Å². The van der Waals surface area contributed by atoms with Crippen LogP contribution in [-0.4, -0.2) is 30.4 Å². The summed E-state index contributed by atoms with van der Waals surface area (Å²) in [5, 5.41) is 3.07. The van der Waals surface area contributed by atoms with Crippen molar-refractivity contribution in [2.45, 2.75) is 84.3 Å². The van der Waals surface area contributed by atoms with Crippen molar-refractivity contribution in [1.29, 1.82) is 0 Å². The van der Waals surface area contributed by atoms with Gasteiger partial charge in [0.05, 0.1) is 17.6 Å². The zero-order valence-corrected chi connectivity index (χ0v) is 15.4. The van der Waals surface area contributed by atoms with Crippen LogP contribution in [0.25, 0.3) is 0 Å². The highest BCUT2D eigenvalue weighted by Crippen LogP contribution is 2.51. The number of ether oxygens (including phenoxy) is 1. The maximum absolute atomic E-state index is 13.1. The van der Waals surface area contributed by atoms with E-state index in [1.807, 2.05) is 20.8 Å². The largest absolute Gasteiger partial charge is 0.377 e. The second-order valence-corrected chi connectivity index (χ2v) is 8.56. The number of ketones is 1. The van der Waals surface area contributed by atoms with Gasteiger partial charge in [0.15, 0.2) is 5.78 Å². The maximum atomic E-state index is 13.1. The molecule has 4 heteroatoms. The molecule has 0 aromatic heterocycles. The lowest BCUT2D eigenvalue weighted by Gasteiger charge is -2.37. The van der Waals surface area contributed by atoms with E-state index < -0.39 is 6.04 Å². The molecule has 2 rings (SSSR count). The molecule has 2 atom stereocenters. The van der Waals surface area contributed by atoms with Crippen LogP contribution in [0.1, 0.15) is 72.6 Å². The Labute approximate surface area is 140 Å². The van der Waals surface area contributed by atoms with E-state index in [2.05, 4.69) is 5.32 Å². The Morgan fingerprint density at radius 2 is 1.70 bits per heavy atom. The first kappa shape index (κ1) is 18.4. The molecule has 0 aromatic rings. The number of hydrogen-bond acceptors (Lipinski definition) is 3. The summed E-state index contributed by atoms with van der Waals surface area (Å²) < 4.78 is 5.77. The third kappa shape index (κ3) is 4.14. The van der Waals surface area contributed by atoms with E-state index in [1.54, 1.807) is 14.0 Å². The molecule has 4 nitrogen and oxygen atoms in total. The molecule has 2 aliphatic rings. The number of carbonyl (C=O) groups excluding carboxylic acids is 2. The summed E-state index contributed by atoms with van der Waals surface area (Å²) in [5.74, 6) is 0.317. The highest BCUT2D eigenvalue weighted by Gasteiger charge is 2.56. The summed E-state index contributed by atoms with van der Waals surface area (Å²) in [6.45, 7) is 7.56. The monoisotopic (exact) mass is 323 g/mol. The Balaban J connectivity index is 2.18. The van der Waals surface area contributed by atoms with E-state index in [1.165, 1.54) is 19.3 Å². The number of rotatable bonds is 6. The summed E-state index contributed by atoms with van der Waals surface area (Å²) in [4.78, 5) is 25.1. The minimum absolute atomic E-state index is 0.0198. The van der Waals surface area contributed by atoms with Crippen LogP contribution in [0.3, 0.4) is 0 Å². The van der Waals surface area contributed by atoms with Crippen molar-refractivity contribution in [3.8, 4) is 0 Å². The van der Waals surface area contributed by atoms with E-state index in [4.69, 9.17) is 4.74 Å². The van der Waals surface area contributed by atoms with E-state index in [0.717, 1.165) is 25.7 Å². The Morgan fingerprint density at radius 1 is 1.13 bits per heavy atom. The fraction of sp³-hybridized carbons (Fsp3) is 0.895. The second kappa shape index (κ2) is 6.92. The molecular weight excluding hydrogens is 290 g/mol. The van der Waals surface area contributed by atoms with Crippen molar-refractivity contribution < 1.29 is 14.3 Å². The molecule has 2 saturated carbocycles. The van der Waals surface area contributed by atoms with Crippen molar-refractivity contribution in [2.75, 3.05) is 7.11 Å². The molecule has 0 aliphatic heterocycles. The summed E-state index contributed by atoms with van der Waals surface area (Å²) in [5.41, 5.74) is -0.562. The number of amides is 1. The van der Waals surface area contributed by atoms with Gasteiger partial charge >= 0.3 is 0 Å². The lowest BCUT2D eigenvalue weighted by Crippen LogP contribution is -2.53. The van der Waals surface area contributed by atoms with Gasteiger partial charge in [-0.1, -0.05) is 40.0 Å². The average Bonchev–Trinajstić information content (AvgIpc) is 3.25. The molecule has 0 radical (unpaired) electrons. The maximum Gasteiger partial charge on any atom is 0.226 e. The predicted octanol–water partition coefficient (Wildman–Crippen LogP) is 3.48. The Morgan fingerprint density at radius 3 is 2.09 bits per heavy atom. The first-order valence-corrected chi connectivity index (χ1v) is 9.07. The molecule has 1 amide bonds. The molecule has 23 heavy (non-hydrogen) atoms. The van der Waals surface area contributed by atoms with Crippen LogP contribution < -0.4 is 5.32 Å². The van der Waals surface area contributed by atoms with Crippen molar-refractivity contribution in [3.63, 3.8) is 0 Å². The third-order valence-electron chi connectivity index (χ3n) is 5.68. The van der Waals surface area contributed by atoms with Gasteiger partial charge in [0.2, 0.25) is 5.91 Å². The van der Waals surface area contributed by atoms with Gasteiger partial charge in [-0.2, -0.15) is 0 Å². The molecule has 2 fully saturated rings. The molecule has 2 unspecified atom stereocenters. The van der Waals surface area contributed by atoms with Crippen LogP contribution in [0.5, 0.6) is 0 Å². The summed E-state index contributed by atoms with van der Waals surface area (Å²) in [6, 6.07) is -0.436. The third-order valence-corrected chi connectivity index (χ3v) is 5.68. The SMILES string of the molecule is COC1(C(C(=O)NC(C(C)=O)C(C)(C)C)C2CCCCC2)CC1. The molecule has 0 bridgehead atoms. The van der Waals surface area contributed by atoms with Crippen LogP contribution in [0.2, 0.25) is 0 Å². The number of carbonyl (C=O) groups is 2. The quantitative estimate of drug-likeness (QED) is 0.814. The van der Waals surface area contributed by atoms with Gasteiger partial charge in [0.25, 0.3) is 0 Å². The molecule has 0 spiro atoms. The van der Waals surface area contributed by atoms with Crippen LogP contribution in [0, 0.1) is 17.3 Å². The molecule has 0 heterocycles. The fourth-order valence-corrected chi connectivity index (χ4v) is 4.28. The van der Waals surface area contributed by atoms with E-state index in [-0.39, 0.29) is 28.6 Å². The minimum atomic E-state index is -0.436. The van der Waals surface area contributed by atoms with Gasteiger partial charge in [-0.3, -0.25) is 9.59 Å². The number of methoxy groups -OCH3 is 1. The van der Waals surface area contributed by atoms with Gasteiger partial charge in [0.1, 0.15) is 0 Å². The second-order valence-electron chi connectivity index (χ2n) is 8.56. The zero-order chi connectivity index (χ0) is 17.3. The van der Waals surface area contributed by atoms with Crippen molar-refractivity contribution in [1.82, 2.24) is 5.32 Å². The van der Waals surface area contributed by atoms with Gasteiger partial charge in [-0.15, -0.1) is 0 Å². The predicted molar refractivity (Wildman–Crippen MR) is 91.1 cm³/mol. The lowest BCUT2D eigenvalue weighted by atomic mass is 9.75. The average molecular weight is 323 g/mol. The van der Waals surface area contributed by atoms with Gasteiger partial charge in [-0.25, -0.2) is 0 Å². The van der Waals surface area contributed by atoms with E-state index in [0.29, 0.717) is 5.92 Å². The summed E-state index contributed by atoms with van der Waals surface area (Å²) in [6.07, 6.45) is 7.78. The summed E-state index contributed by atoms with van der Waals surface area (Å²) >= 11 is 0. The van der Waals surface area contributed by atoms with Crippen molar-refractivity contribution >= 4 is 11.7 Å². The summed E-state index contributed by atoms with van der Waals surface area (Å²) in [7, 11) is 1.72. The van der Waals surface area contributed by atoms with Gasteiger partial charge < -0.3 is 10.1 Å². The highest BCUT2D eigenvalue weighted by molar-refractivity contribution is 5.89. The topological polar surface area (TPSA) is 55.4 Å². The van der Waals surface area contributed by atoms with E-state index >= 15 is 0 Å². The number of hydrogen-bond donors (Lipinski definition) is 1. The Hall–Kier alpha value is -0.900. The van der Waals surface area contributed by atoms with Crippen molar-refractivity contribution in [3.05, 3.63) is 0 Å². The molecule has 0 aromatic carbocycles. The van der Waals surface area contributed by atoms with Crippen LogP contribution in [-0.2, 0) is 14.3 Å². The number of Topliss-reactive ketones (excluding diaryl/α,β-unsaturated/α-hetero) is 1. The smallest absolute Gasteiger partial charge is 0.226 e. The first-order valence-electron chi connectivity index (χ1n) is 9.07. The standard InChI is InChI=1S/C19H33NO3/c1-13(21)16(18(2,3)4)20-17(22)15(19(23-5)11-12-19)14-9-7-6-8-10-14/h14-16H,6-12H2,1-5H3,(H,20,22). The lowest BCUT2D eigenvalue weighted by molar-refractivity contribution is -0.139. The normalized spacial score (nSPS) is 23.9. The molecule has 0 saturated heterocycles. The van der Waals surface area contributed by atoms with Gasteiger partial charge in [-0.05, 0) is 43.9 Å². The fourth-order valence-electron chi connectivity index (χ4n) is 4.28. The Bertz CT molecular complexity index is 442.